The molecule has 1 aromatic rings. The monoisotopic (exact) mass is 300 g/mol. The number of nitrogens with one attached hydrogen (secondary N) is 1. The summed E-state index contributed by atoms with van der Waals surface area (Å²) in [5.74, 6) is 4.95. The van der Waals surface area contributed by atoms with Crippen molar-refractivity contribution in [2.24, 2.45) is 0 Å². The first-order chi connectivity index (χ1) is 8.97. The predicted octanol–water partition coefficient (Wildman–Crippen LogP) is 3.04. The van der Waals surface area contributed by atoms with Crippen molar-refractivity contribution in [3.05, 3.63) is 37.9 Å². The molecule has 1 aromatic carbocycles. The Bertz CT molecular complexity index is 576. The van der Waals surface area contributed by atoms with E-state index in [4.69, 9.17) is 23.2 Å². The molecule has 0 unspecified atom stereocenters. The third-order valence-electron chi connectivity index (χ3n) is 2.18. The number of rotatable bonds is 4. The molecule has 19 heavy (non-hydrogen) atoms. The van der Waals surface area contributed by atoms with Crippen LogP contribution >= 0.6 is 23.2 Å². The quantitative estimate of drug-likeness (QED) is 0.402. The fourth-order valence-electron chi connectivity index (χ4n) is 1.30. The third-order valence-corrected chi connectivity index (χ3v) is 2.98. The van der Waals surface area contributed by atoms with Gasteiger partial charge in [-0.15, -0.1) is 11.8 Å². The Balaban J connectivity index is 2.94. The summed E-state index contributed by atoms with van der Waals surface area (Å²) in [6.45, 7) is 2.02. The molecule has 1 rings (SSSR count). The first-order valence-electron chi connectivity index (χ1n) is 5.28. The highest BCUT2D eigenvalue weighted by Gasteiger charge is 2.18. The highest BCUT2D eigenvalue weighted by atomic mass is 35.5. The summed E-state index contributed by atoms with van der Waals surface area (Å²) in [6, 6.07) is 2.19. The molecule has 0 aliphatic heterocycles. The minimum absolute atomic E-state index is 0.00802. The van der Waals surface area contributed by atoms with Crippen LogP contribution in [0.4, 0.5) is 5.69 Å². The number of nitro groups is 1. The molecule has 100 valence electrons. The van der Waals surface area contributed by atoms with E-state index in [2.05, 4.69) is 17.2 Å². The zero-order chi connectivity index (χ0) is 14.4. The van der Waals surface area contributed by atoms with Gasteiger partial charge in [-0.2, -0.15) is 0 Å². The topological polar surface area (TPSA) is 72.2 Å². The number of halogens is 2. The van der Waals surface area contributed by atoms with Crippen LogP contribution in [0.25, 0.3) is 0 Å². The number of carbonyl (C=O) groups is 1. The van der Waals surface area contributed by atoms with Crippen molar-refractivity contribution in [1.82, 2.24) is 5.32 Å². The van der Waals surface area contributed by atoms with Gasteiger partial charge in [-0.3, -0.25) is 14.9 Å². The average molecular weight is 301 g/mol. The first kappa shape index (κ1) is 15.3. The van der Waals surface area contributed by atoms with E-state index < -0.39 is 10.8 Å². The maximum Gasteiger partial charge on any atom is 0.271 e. The average Bonchev–Trinajstić information content (AvgIpc) is 2.37. The fourth-order valence-corrected chi connectivity index (χ4v) is 1.71. The van der Waals surface area contributed by atoms with Crippen LogP contribution in [-0.2, 0) is 0 Å². The molecule has 7 heteroatoms. The van der Waals surface area contributed by atoms with Crippen LogP contribution in [0.3, 0.4) is 0 Å². The maximum atomic E-state index is 11.8. The molecule has 1 N–H and O–H groups in total. The lowest BCUT2D eigenvalue weighted by molar-refractivity contribution is -0.384. The van der Waals surface area contributed by atoms with Gasteiger partial charge in [0, 0.05) is 25.1 Å². The van der Waals surface area contributed by atoms with Crippen LogP contribution in [0.5, 0.6) is 0 Å². The van der Waals surface area contributed by atoms with Gasteiger partial charge in [-0.25, -0.2) is 0 Å². The zero-order valence-electron chi connectivity index (χ0n) is 10.00. The van der Waals surface area contributed by atoms with Gasteiger partial charge < -0.3 is 5.32 Å². The first-order valence-corrected chi connectivity index (χ1v) is 6.04. The zero-order valence-corrected chi connectivity index (χ0v) is 11.5. The van der Waals surface area contributed by atoms with Gasteiger partial charge in [0.25, 0.3) is 11.6 Å². The number of non-ortho nitro benzene ring substituents is 1. The molecule has 1 amide bonds. The number of nitrogens with zero attached hydrogens (tertiary/aromatic N) is 1. The lowest BCUT2D eigenvalue weighted by atomic mass is 10.2. The second kappa shape index (κ2) is 6.98. The Morgan fingerprint density at radius 1 is 1.47 bits per heavy atom. The molecule has 0 bridgehead atoms. The van der Waals surface area contributed by atoms with Crippen molar-refractivity contribution >= 4 is 34.8 Å². The van der Waals surface area contributed by atoms with E-state index in [1.165, 1.54) is 0 Å². The SMILES string of the molecule is CC#CCCNC(=O)c1cc([N+](=O)[O-])cc(Cl)c1Cl. The highest BCUT2D eigenvalue weighted by Crippen LogP contribution is 2.30. The summed E-state index contributed by atoms with van der Waals surface area (Å²) in [5.41, 5.74) is -0.307. The molecule has 5 nitrogen and oxygen atoms in total. The van der Waals surface area contributed by atoms with Gasteiger partial charge in [-0.05, 0) is 6.92 Å². The molecule has 0 saturated carbocycles. The molecule has 0 aliphatic carbocycles. The van der Waals surface area contributed by atoms with Crippen molar-refractivity contribution in [3.8, 4) is 11.8 Å². The van der Waals surface area contributed by atoms with Gasteiger partial charge in [0.2, 0.25) is 0 Å². The molecule has 0 heterocycles. The summed E-state index contributed by atoms with van der Waals surface area (Å²) in [6.07, 6.45) is 0.489. The number of hydrogen-bond donors (Lipinski definition) is 1. The lowest BCUT2D eigenvalue weighted by Gasteiger charge is -2.06. The highest BCUT2D eigenvalue weighted by molar-refractivity contribution is 6.44. The van der Waals surface area contributed by atoms with Crippen molar-refractivity contribution in [3.63, 3.8) is 0 Å². The number of hydrogen-bond acceptors (Lipinski definition) is 3. The molecule has 0 aromatic heterocycles. The fraction of sp³-hybridized carbons (Fsp3) is 0.250. The van der Waals surface area contributed by atoms with Gasteiger partial charge in [0.15, 0.2) is 0 Å². The molecular formula is C12H10Cl2N2O3. The second-order valence-corrected chi connectivity index (χ2v) is 4.26. The van der Waals surface area contributed by atoms with Gasteiger partial charge >= 0.3 is 0 Å². The van der Waals surface area contributed by atoms with E-state index in [-0.39, 0.29) is 21.3 Å². The van der Waals surface area contributed by atoms with Crippen molar-refractivity contribution in [1.29, 1.82) is 0 Å². The van der Waals surface area contributed by atoms with Gasteiger partial charge in [0.05, 0.1) is 20.5 Å². The van der Waals surface area contributed by atoms with Crippen molar-refractivity contribution < 1.29 is 9.72 Å². The Labute approximate surface area is 120 Å². The van der Waals surface area contributed by atoms with Gasteiger partial charge in [-0.1, -0.05) is 23.2 Å². The van der Waals surface area contributed by atoms with Crippen molar-refractivity contribution in [2.75, 3.05) is 6.54 Å². The Morgan fingerprint density at radius 2 is 2.16 bits per heavy atom. The summed E-state index contributed by atoms with van der Waals surface area (Å²) < 4.78 is 0. The summed E-state index contributed by atoms with van der Waals surface area (Å²) in [7, 11) is 0. The van der Waals surface area contributed by atoms with E-state index in [1.54, 1.807) is 6.92 Å². The minimum atomic E-state index is -0.637. The summed E-state index contributed by atoms with van der Waals surface area (Å²) in [4.78, 5) is 21.9. The Morgan fingerprint density at radius 3 is 2.74 bits per heavy atom. The van der Waals surface area contributed by atoms with Crippen LogP contribution in [0.2, 0.25) is 10.0 Å². The molecular weight excluding hydrogens is 291 g/mol. The normalized spacial score (nSPS) is 9.42. The van der Waals surface area contributed by atoms with Crippen LogP contribution in [-0.4, -0.2) is 17.4 Å². The number of carbonyl (C=O) groups excluding carboxylic acids is 1. The van der Waals surface area contributed by atoms with Crippen molar-refractivity contribution in [2.45, 2.75) is 13.3 Å². The number of nitro benzene ring substituents is 1. The van der Waals surface area contributed by atoms with E-state index >= 15 is 0 Å². The molecule has 0 saturated heterocycles. The predicted molar refractivity (Wildman–Crippen MR) is 73.5 cm³/mol. The largest absolute Gasteiger partial charge is 0.351 e. The molecule has 0 spiro atoms. The van der Waals surface area contributed by atoms with E-state index in [0.29, 0.717) is 13.0 Å². The number of amides is 1. The van der Waals surface area contributed by atoms with Crippen LogP contribution < -0.4 is 5.32 Å². The molecule has 0 radical (unpaired) electrons. The second-order valence-electron chi connectivity index (χ2n) is 3.48. The summed E-state index contributed by atoms with van der Waals surface area (Å²) >= 11 is 11.6. The van der Waals surface area contributed by atoms with E-state index in [9.17, 15) is 14.9 Å². The maximum absolute atomic E-state index is 11.8. The van der Waals surface area contributed by atoms with E-state index in [1.807, 2.05) is 0 Å². The Kier molecular flexibility index (Phi) is 5.61. The van der Waals surface area contributed by atoms with Crippen LogP contribution in [0.1, 0.15) is 23.7 Å². The summed E-state index contributed by atoms with van der Waals surface area (Å²) in [5, 5.41) is 13.2. The van der Waals surface area contributed by atoms with Crippen LogP contribution in [0, 0.1) is 22.0 Å². The van der Waals surface area contributed by atoms with Gasteiger partial charge in [0.1, 0.15) is 0 Å². The standard InChI is InChI=1S/C12H10Cl2N2O3/c1-2-3-4-5-15-12(17)9-6-8(16(18)19)7-10(13)11(9)14/h6-7H,4-5H2,1H3,(H,15,17). The molecule has 0 fully saturated rings. The van der Waals surface area contributed by atoms with Crippen LogP contribution in [0.15, 0.2) is 12.1 Å². The van der Waals surface area contributed by atoms with E-state index in [0.717, 1.165) is 12.1 Å². The minimum Gasteiger partial charge on any atom is -0.351 e. The molecule has 0 aliphatic rings. The smallest absolute Gasteiger partial charge is 0.271 e. The number of benzene rings is 1. The Hall–Kier alpha value is -1.77. The lowest BCUT2D eigenvalue weighted by Crippen LogP contribution is -2.24. The molecule has 0 atom stereocenters. The third kappa shape index (κ3) is 4.12.